The third kappa shape index (κ3) is 4.11. The van der Waals surface area contributed by atoms with Crippen LogP contribution in [0.3, 0.4) is 0 Å². The highest BCUT2D eigenvalue weighted by atomic mass is 31.2. The van der Waals surface area contributed by atoms with E-state index in [4.69, 9.17) is 19.3 Å². The molecular formula is C17H18N3O5P. The Morgan fingerprint density at radius 1 is 1.04 bits per heavy atom. The third-order valence-corrected chi connectivity index (χ3v) is 4.52. The number of aromatic nitrogens is 2. The molecular weight excluding hydrogens is 357 g/mol. The predicted molar refractivity (Wildman–Crippen MR) is 98.1 cm³/mol. The first-order chi connectivity index (χ1) is 12.4. The molecule has 26 heavy (non-hydrogen) atoms. The van der Waals surface area contributed by atoms with E-state index in [0.29, 0.717) is 28.4 Å². The van der Waals surface area contributed by atoms with Crippen LogP contribution in [0.2, 0.25) is 0 Å². The summed E-state index contributed by atoms with van der Waals surface area (Å²) in [4.78, 5) is 26.6. The Morgan fingerprint density at radius 2 is 1.69 bits per heavy atom. The van der Waals surface area contributed by atoms with E-state index in [0.717, 1.165) is 11.1 Å². The van der Waals surface area contributed by atoms with Crippen LogP contribution in [0.15, 0.2) is 42.7 Å². The van der Waals surface area contributed by atoms with E-state index in [9.17, 15) is 4.57 Å². The smallest absolute Gasteiger partial charge is 0.329 e. The number of nitrogens with one attached hydrogen (secondary N) is 1. The van der Waals surface area contributed by atoms with Crippen LogP contribution in [-0.4, -0.2) is 34.0 Å². The number of hydrogen-bond acceptors (Lipinski definition) is 6. The molecule has 2 aromatic carbocycles. The maximum Gasteiger partial charge on any atom is 0.329 e. The largest absolute Gasteiger partial charge is 0.493 e. The molecule has 0 amide bonds. The van der Waals surface area contributed by atoms with Crippen molar-refractivity contribution in [1.29, 1.82) is 0 Å². The van der Waals surface area contributed by atoms with Gasteiger partial charge in [0.25, 0.3) is 0 Å². The van der Waals surface area contributed by atoms with Crippen LogP contribution in [0.1, 0.15) is 5.56 Å². The van der Waals surface area contributed by atoms with Gasteiger partial charge in [0, 0.05) is 17.1 Å². The summed E-state index contributed by atoms with van der Waals surface area (Å²) in [6.07, 6.45) is 1.15. The van der Waals surface area contributed by atoms with Crippen molar-refractivity contribution in [2.24, 2.45) is 0 Å². The van der Waals surface area contributed by atoms with Crippen molar-refractivity contribution in [1.82, 2.24) is 9.97 Å². The molecule has 0 spiro atoms. The molecule has 0 bridgehead atoms. The Kier molecular flexibility index (Phi) is 5.08. The minimum Gasteiger partial charge on any atom is -0.493 e. The van der Waals surface area contributed by atoms with Gasteiger partial charge in [-0.05, 0) is 23.8 Å². The molecule has 0 unspecified atom stereocenters. The van der Waals surface area contributed by atoms with E-state index < -0.39 is 7.60 Å². The highest BCUT2D eigenvalue weighted by Gasteiger charge is 2.14. The minimum atomic E-state index is -4.09. The van der Waals surface area contributed by atoms with Crippen molar-refractivity contribution in [3.05, 3.63) is 48.3 Å². The molecule has 8 nitrogen and oxygen atoms in total. The molecule has 0 aliphatic carbocycles. The minimum absolute atomic E-state index is 0.291. The standard InChI is InChI=1S/C17H18N3O5P/c1-24-15-7-13-14(8-16(15)25-2)18-10-19-17(13)20-12-5-3-11(4-6-12)9-26(21,22)23/h3-8,10H,9H2,1-2H3,(H,18,19,20)(H2,21,22,23). The van der Waals surface area contributed by atoms with Gasteiger partial charge in [-0.1, -0.05) is 12.1 Å². The molecule has 0 atom stereocenters. The Morgan fingerprint density at radius 3 is 2.31 bits per heavy atom. The first-order valence-corrected chi connectivity index (χ1v) is 9.46. The van der Waals surface area contributed by atoms with Crippen LogP contribution in [0.25, 0.3) is 10.9 Å². The molecule has 0 fully saturated rings. The number of fused-ring (bicyclic) bond motifs is 1. The van der Waals surface area contributed by atoms with Gasteiger partial charge in [-0.15, -0.1) is 0 Å². The van der Waals surface area contributed by atoms with E-state index in [1.165, 1.54) is 6.33 Å². The van der Waals surface area contributed by atoms with Gasteiger partial charge < -0.3 is 24.6 Å². The average molecular weight is 375 g/mol. The molecule has 0 aliphatic rings. The number of ether oxygens (including phenoxy) is 2. The second-order valence-corrected chi connectivity index (χ2v) is 7.24. The van der Waals surface area contributed by atoms with E-state index >= 15 is 0 Å². The highest BCUT2D eigenvalue weighted by molar-refractivity contribution is 7.50. The Bertz CT molecular complexity index is 972. The van der Waals surface area contributed by atoms with Crippen LogP contribution in [0.5, 0.6) is 11.5 Å². The Hall–Kier alpha value is -2.67. The fourth-order valence-electron chi connectivity index (χ4n) is 2.55. The summed E-state index contributed by atoms with van der Waals surface area (Å²) in [6, 6.07) is 10.4. The number of hydrogen-bond donors (Lipinski definition) is 3. The second kappa shape index (κ2) is 7.29. The number of methoxy groups -OCH3 is 2. The lowest BCUT2D eigenvalue weighted by Crippen LogP contribution is -1.98. The van der Waals surface area contributed by atoms with Gasteiger partial charge in [0.1, 0.15) is 12.1 Å². The maximum atomic E-state index is 11.1. The quantitative estimate of drug-likeness (QED) is 0.563. The lowest BCUT2D eigenvalue weighted by Gasteiger charge is -2.12. The SMILES string of the molecule is COc1cc2ncnc(Nc3ccc(CP(=O)(O)O)cc3)c2cc1OC. The molecule has 1 heterocycles. The lowest BCUT2D eigenvalue weighted by molar-refractivity contribution is 0.356. The van der Waals surface area contributed by atoms with E-state index in [-0.39, 0.29) is 6.16 Å². The molecule has 0 aliphatic heterocycles. The zero-order valence-electron chi connectivity index (χ0n) is 14.2. The van der Waals surface area contributed by atoms with Crippen LogP contribution in [0.4, 0.5) is 11.5 Å². The molecule has 9 heteroatoms. The summed E-state index contributed by atoms with van der Waals surface area (Å²) in [5, 5.41) is 3.94. The summed E-state index contributed by atoms with van der Waals surface area (Å²) in [6.45, 7) is 0. The number of anilines is 2. The van der Waals surface area contributed by atoms with Crippen molar-refractivity contribution >= 4 is 30.0 Å². The van der Waals surface area contributed by atoms with Crippen molar-refractivity contribution in [2.45, 2.75) is 6.16 Å². The molecule has 136 valence electrons. The van der Waals surface area contributed by atoms with Gasteiger partial charge >= 0.3 is 7.60 Å². The fourth-order valence-corrected chi connectivity index (χ4v) is 3.24. The summed E-state index contributed by atoms with van der Waals surface area (Å²) in [5.74, 6) is 1.72. The zero-order valence-corrected chi connectivity index (χ0v) is 15.1. The van der Waals surface area contributed by atoms with E-state index in [2.05, 4.69) is 15.3 Å². The van der Waals surface area contributed by atoms with Crippen LogP contribution >= 0.6 is 7.60 Å². The first kappa shape index (κ1) is 18.1. The molecule has 3 rings (SSSR count). The summed E-state index contributed by atoms with van der Waals surface area (Å²) in [7, 11) is -0.971. The summed E-state index contributed by atoms with van der Waals surface area (Å²) < 4.78 is 21.7. The van der Waals surface area contributed by atoms with Crippen LogP contribution in [0, 0.1) is 0 Å². The third-order valence-electron chi connectivity index (χ3n) is 3.75. The predicted octanol–water partition coefficient (Wildman–Crippen LogP) is 3.07. The van der Waals surface area contributed by atoms with Crippen molar-refractivity contribution in [2.75, 3.05) is 19.5 Å². The van der Waals surface area contributed by atoms with E-state index in [1.807, 2.05) is 0 Å². The Balaban J connectivity index is 1.92. The zero-order chi connectivity index (χ0) is 18.7. The van der Waals surface area contributed by atoms with E-state index in [1.54, 1.807) is 50.6 Å². The fraction of sp³-hybridized carbons (Fsp3) is 0.176. The molecule has 3 N–H and O–H groups in total. The number of nitrogens with zero attached hydrogens (tertiary/aromatic N) is 2. The van der Waals surface area contributed by atoms with Gasteiger partial charge in [0.05, 0.1) is 25.9 Å². The lowest BCUT2D eigenvalue weighted by atomic mass is 10.2. The van der Waals surface area contributed by atoms with Gasteiger partial charge in [-0.25, -0.2) is 9.97 Å². The Labute approximate surface area is 150 Å². The van der Waals surface area contributed by atoms with Gasteiger partial charge in [0.2, 0.25) is 0 Å². The van der Waals surface area contributed by atoms with Crippen molar-refractivity contribution in [3.63, 3.8) is 0 Å². The highest BCUT2D eigenvalue weighted by Crippen LogP contribution is 2.39. The average Bonchev–Trinajstić information content (AvgIpc) is 2.61. The second-order valence-electron chi connectivity index (χ2n) is 5.59. The molecule has 3 aromatic rings. The topological polar surface area (TPSA) is 114 Å². The molecule has 1 aromatic heterocycles. The molecule has 0 saturated heterocycles. The van der Waals surface area contributed by atoms with Crippen molar-refractivity contribution in [3.8, 4) is 11.5 Å². The van der Waals surface area contributed by atoms with Gasteiger partial charge in [-0.2, -0.15) is 0 Å². The van der Waals surface area contributed by atoms with Crippen LogP contribution in [-0.2, 0) is 10.7 Å². The number of rotatable bonds is 6. The first-order valence-electron chi connectivity index (χ1n) is 7.67. The maximum absolute atomic E-state index is 11.1. The van der Waals surface area contributed by atoms with Gasteiger partial charge in [-0.3, -0.25) is 4.57 Å². The molecule has 0 saturated carbocycles. The summed E-state index contributed by atoms with van der Waals surface area (Å²) >= 11 is 0. The monoisotopic (exact) mass is 375 g/mol. The van der Waals surface area contributed by atoms with Gasteiger partial charge in [0.15, 0.2) is 11.5 Å². The van der Waals surface area contributed by atoms with Crippen molar-refractivity contribution < 1.29 is 23.8 Å². The van der Waals surface area contributed by atoms with Crippen LogP contribution < -0.4 is 14.8 Å². The number of benzene rings is 2. The normalized spacial score (nSPS) is 11.4. The molecule has 0 radical (unpaired) electrons. The summed E-state index contributed by atoms with van der Waals surface area (Å²) in [5.41, 5.74) is 1.98.